The van der Waals surface area contributed by atoms with Crippen molar-refractivity contribution < 1.29 is 0 Å². The van der Waals surface area contributed by atoms with Gasteiger partial charge in [-0.2, -0.15) is 0 Å². The molecule has 0 unspecified atom stereocenters. The topological polar surface area (TPSA) is 30.9 Å². The van der Waals surface area contributed by atoms with Gasteiger partial charge in [0, 0.05) is 33.2 Å². The van der Waals surface area contributed by atoms with Crippen LogP contribution in [0, 0.1) is 5.92 Å². The highest BCUT2D eigenvalue weighted by Gasteiger charge is 2.18. The Hall–Kier alpha value is -0.770. The number of hydrogen-bond donors (Lipinski definition) is 1. The van der Waals surface area contributed by atoms with Gasteiger partial charge in [0.05, 0.1) is 0 Å². The van der Waals surface area contributed by atoms with E-state index in [2.05, 4.69) is 27.0 Å². The molecule has 0 aromatic rings. The van der Waals surface area contributed by atoms with Crippen molar-refractivity contribution in [3.63, 3.8) is 0 Å². The molecule has 2 rings (SSSR count). The van der Waals surface area contributed by atoms with E-state index >= 15 is 0 Å². The number of rotatable bonds is 3. The molecule has 0 aliphatic carbocycles. The van der Waals surface area contributed by atoms with E-state index in [-0.39, 0.29) is 0 Å². The van der Waals surface area contributed by atoms with Crippen LogP contribution in [0.15, 0.2) is 4.99 Å². The van der Waals surface area contributed by atoms with Crippen LogP contribution in [0.5, 0.6) is 0 Å². The van der Waals surface area contributed by atoms with Crippen LogP contribution < -0.4 is 5.32 Å². The molecule has 0 saturated carbocycles. The molecule has 0 radical (unpaired) electrons. The Morgan fingerprint density at radius 1 is 1.05 bits per heavy atom. The molecule has 2 heterocycles. The molecular weight excluding hydrogens is 248 g/mol. The third-order valence-corrected chi connectivity index (χ3v) is 4.70. The first-order valence-electron chi connectivity index (χ1n) is 8.47. The summed E-state index contributed by atoms with van der Waals surface area (Å²) in [6, 6.07) is 0. The number of likely N-dealkylation sites (tertiary alicyclic amines) is 2. The molecule has 0 aromatic carbocycles. The smallest absolute Gasteiger partial charge is 0.193 e. The molecule has 2 aliphatic rings. The van der Waals surface area contributed by atoms with Gasteiger partial charge in [-0.1, -0.05) is 19.8 Å². The lowest BCUT2D eigenvalue weighted by Gasteiger charge is -2.33. The monoisotopic (exact) mass is 280 g/mol. The molecule has 0 amide bonds. The molecular formula is C16H32N4. The second-order valence-corrected chi connectivity index (χ2v) is 6.40. The van der Waals surface area contributed by atoms with Gasteiger partial charge in [-0.3, -0.25) is 4.99 Å². The maximum atomic E-state index is 4.45. The summed E-state index contributed by atoms with van der Waals surface area (Å²) < 4.78 is 0. The minimum Gasteiger partial charge on any atom is -0.355 e. The molecule has 20 heavy (non-hydrogen) atoms. The molecule has 0 aromatic heterocycles. The number of guanidine groups is 1. The molecule has 4 heteroatoms. The van der Waals surface area contributed by atoms with Gasteiger partial charge in [0.2, 0.25) is 0 Å². The van der Waals surface area contributed by atoms with Crippen LogP contribution in [-0.4, -0.2) is 62.1 Å². The highest BCUT2D eigenvalue weighted by Crippen LogP contribution is 2.15. The Morgan fingerprint density at radius 3 is 2.30 bits per heavy atom. The van der Waals surface area contributed by atoms with Crippen molar-refractivity contribution in [2.24, 2.45) is 10.9 Å². The second kappa shape index (κ2) is 8.50. The summed E-state index contributed by atoms with van der Waals surface area (Å²) in [6.45, 7) is 9.41. The van der Waals surface area contributed by atoms with Crippen LogP contribution in [-0.2, 0) is 0 Å². The molecule has 1 N–H and O–H groups in total. The van der Waals surface area contributed by atoms with Crippen molar-refractivity contribution in [2.75, 3.05) is 46.3 Å². The molecule has 0 atom stereocenters. The van der Waals surface area contributed by atoms with Crippen LogP contribution in [0.1, 0.15) is 45.4 Å². The van der Waals surface area contributed by atoms with Crippen LogP contribution in [0.4, 0.5) is 0 Å². The summed E-state index contributed by atoms with van der Waals surface area (Å²) in [5.41, 5.74) is 0. The van der Waals surface area contributed by atoms with Gasteiger partial charge in [-0.15, -0.1) is 0 Å². The van der Waals surface area contributed by atoms with E-state index in [4.69, 9.17) is 0 Å². The number of aliphatic imine (C=N–C) groups is 1. The fourth-order valence-electron chi connectivity index (χ4n) is 3.24. The van der Waals surface area contributed by atoms with Crippen LogP contribution in [0.3, 0.4) is 0 Å². The van der Waals surface area contributed by atoms with Crippen molar-refractivity contribution in [2.45, 2.75) is 45.4 Å². The van der Waals surface area contributed by atoms with Crippen LogP contribution in [0.2, 0.25) is 0 Å². The van der Waals surface area contributed by atoms with Crippen molar-refractivity contribution in [3.05, 3.63) is 0 Å². The van der Waals surface area contributed by atoms with E-state index < -0.39 is 0 Å². The Morgan fingerprint density at radius 2 is 1.70 bits per heavy atom. The second-order valence-electron chi connectivity index (χ2n) is 6.40. The molecule has 0 bridgehead atoms. The summed E-state index contributed by atoms with van der Waals surface area (Å²) in [5.74, 6) is 1.98. The third-order valence-electron chi connectivity index (χ3n) is 4.70. The highest BCUT2D eigenvalue weighted by atomic mass is 15.3. The first-order chi connectivity index (χ1) is 9.79. The van der Waals surface area contributed by atoms with Crippen LogP contribution in [0.25, 0.3) is 0 Å². The minimum atomic E-state index is 0.876. The number of hydrogen-bond acceptors (Lipinski definition) is 2. The molecule has 0 spiro atoms. The van der Waals surface area contributed by atoms with Crippen LogP contribution >= 0.6 is 0 Å². The zero-order valence-corrected chi connectivity index (χ0v) is 13.4. The molecule has 2 aliphatic heterocycles. The minimum absolute atomic E-state index is 0.876. The van der Waals surface area contributed by atoms with Gasteiger partial charge in [0.1, 0.15) is 0 Å². The Labute approximate surface area is 124 Å². The van der Waals surface area contributed by atoms with Crippen molar-refractivity contribution in [3.8, 4) is 0 Å². The fourth-order valence-corrected chi connectivity index (χ4v) is 3.24. The number of nitrogens with zero attached hydrogens (tertiary/aromatic N) is 3. The Balaban J connectivity index is 1.68. The Kier molecular flexibility index (Phi) is 6.64. The first-order valence-corrected chi connectivity index (χ1v) is 8.47. The maximum absolute atomic E-state index is 4.45. The summed E-state index contributed by atoms with van der Waals surface area (Å²) in [5, 5.41) is 3.56. The first kappa shape index (κ1) is 15.6. The summed E-state index contributed by atoms with van der Waals surface area (Å²) in [6.07, 6.45) is 8.17. The zero-order valence-electron chi connectivity index (χ0n) is 13.4. The van der Waals surface area contributed by atoms with E-state index in [1.807, 2.05) is 7.05 Å². The predicted octanol–water partition coefficient (Wildman–Crippen LogP) is 2.17. The standard InChI is InChI=1S/C16H32N4/c1-15-7-12-20(13-8-15)16(17-2)18-9-14-19-10-5-3-4-6-11-19/h15H,3-14H2,1-2H3,(H,17,18). The van der Waals surface area contributed by atoms with E-state index in [0.29, 0.717) is 0 Å². The quantitative estimate of drug-likeness (QED) is 0.635. The number of nitrogens with one attached hydrogen (secondary N) is 1. The lowest BCUT2D eigenvalue weighted by Crippen LogP contribution is -2.47. The summed E-state index contributed by atoms with van der Waals surface area (Å²) >= 11 is 0. The maximum Gasteiger partial charge on any atom is 0.193 e. The lowest BCUT2D eigenvalue weighted by atomic mass is 10.00. The molecule has 2 fully saturated rings. The number of piperidine rings is 1. The fraction of sp³-hybridized carbons (Fsp3) is 0.938. The van der Waals surface area contributed by atoms with Gasteiger partial charge in [-0.25, -0.2) is 0 Å². The average molecular weight is 280 g/mol. The third kappa shape index (κ3) is 4.97. The van der Waals surface area contributed by atoms with E-state index in [9.17, 15) is 0 Å². The zero-order chi connectivity index (χ0) is 14.2. The summed E-state index contributed by atoms with van der Waals surface area (Å²) in [4.78, 5) is 9.47. The molecule has 2 saturated heterocycles. The van der Waals surface area contributed by atoms with Crippen molar-refractivity contribution in [1.82, 2.24) is 15.1 Å². The summed E-state index contributed by atoms with van der Waals surface area (Å²) in [7, 11) is 1.91. The molecule has 4 nitrogen and oxygen atoms in total. The van der Waals surface area contributed by atoms with Crippen molar-refractivity contribution >= 4 is 5.96 Å². The van der Waals surface area contributed by atoms with E-state index in [0.717, 1.165) is 38.1 Å². The predicted molar refractivity (Wildman–Crippen MR) is 86.2 cm³/mol. The lowest BCUT2D eigenvalue weighted by molar-refractivity contribution is 0.266. The highest BCUT2D eigenvalue weighted by molar-refractivity contribution is 5.79. The van der Waals surface area contributed by atoms with Gasteiger partial charge < -0.3 is 15.1 Å². The van der Waals surface area contributed by atoms with E-state index in [1.165, 1.54) is 51.6 Å². The normalized spacial score (nSPS) is 23.7. The van der Waals surface area contributed by atoms with Gasteiger partial charge in [0.15, 0.2) is 5.96 Å². The average Bonchev–Trinajstić information content (AvgIpc) is 2.74. The van der Waals surface area contributed by atoms with Gasteiger partial charge in [0.25, 0.3) is 0 Å². The Bertz CT molecular complexity index is 287. The van der Waals surface area contributed by atoms with Gasteiger partial charge in [-0.05, 0) is 44.7 Å². The molecule has 116 valence electrons. The van der Waals surface area contributed by atoms with Crippen molar-refractivity contribution in [1.29, 1.82) is 0 Å². The largest absolute Gasteiger partial charge is 0.355 e. The van der Waals surface area contributed by atoms with Gasteiger partial charge >= 0.3 is 0 Å². The van der Waals surface area contributed by atoms with E-state index in [1.54, 1.807) is 0 Å². The SMILES string of the molecule is CN=C(NCCN1CCCCCC1)N1CCC(C)CC1.